The number of hydrogen-bond donors (Lipinski definition) is 0. The molecule has 0 heterocycles. The maximum absolute atomic E-state index is 13.9. The van der Waals surface area contributed by atoms with Crippen molar-refractivity contribution in [3.05, 3.63) is 88.6 Å². The van der Waals surface area contributed by atoms with Gasteiger partial charge >= 0.3 is 11.9 Å². The van der Waals surface area contributed by atoms with E-state index in [1.54, 1.807) is 53.5 Å². The van der Waals surface area contributed by atoms with Crippen molar-refractivity contribution in [1.29, 1.82) is 0 Å². The van der Waals surface area contributed by atoms with Gasteiger partial charge in [0, 0.05) is 12.7 Å². The predicted octanol–water partition coefficient (Wildman–Crippen LogP) is 6.61. The van der Waals surface area contributed by atoms with Gasteiger partial charge < -0.3 is 14.4 Å². The average Bonchev–Trinajstić information content (AvgIpc) is 2.86. The Morgan fingerprint density at radius 1 is 0.825 bits per heavy atom. The van der Waals surface area contributed by atoms with E-state index in [-0.39, 0.29) is 23.5 Å². The van der Waals surface area contributed by atoms with E-state index in [0.29, 0.717) is 0 Å². The highest BCUT2D eigenvalue weighted by molar-refractivity contribution is 6.85. The summed E-state index contributed by atoms with van der Waals surface area (Å²) in [7, 11) is -0.735. The van der Waals surface area contributed by atoms with Gasteiger partial charge in [-0.1, -0.05) is 73.3 Å². The van der Waals surface area contributed by atoms with Crippen molar-refractivity contribution < 1.29 is 23.9 Å². The zero-order chi connectivity index (χ0) is 29.9. The number of nitrogens with zero attached hydrogens (tertiary/aromatic N) is 1. The first-order valence-corrected chi connectivity index (χ1v) is 17.0. The minimum Gasteiger partial charge on any atom is -0.457 e. The molecule has 0 radical (unpaired) electrons. The van der Waals surface area contributed by atoms with Crippen LogP contribution in [-0.4, -0.2) is 44.2 Å². The summed E-state index contributed by atoms with van der Waals surface area (Å²) in [5.74, 6) is -1.95. The summed E-state index contributed by atoms with van der Waals surface area (Å²) in [4.78, 5) is 43.0. The van der Waals surface area contributed by atoms with Crippen LogP contribution in [0.5, 0.6) is 0 Å². The average molecular weight is 562 g/mol. The molecule has 0 bridgehead atoms. The van der Waals surface area contributed by atoms with Gasteiger partial charge in [-0.05, 0) is 71.3 Å². The van der Waals surface area contributed by atoms with Crippen LogP contribution in [0.4, 0.5) is 5.69 Å². The van der Waals surface area contributed by atoms with Crippen LogP contribution in [0.3, 0.4) is 0 Å². The van der Waals surface area contributed by atoms with Gasteiger partial charge in [0.2, 0.25) is 5.91 Å². The number of carbonyl (C=O) groups excluding carboxylic acids is 3. The molecule has 1 aliphatic rings. The lowest BCUT2D eigenvalue weighted by atomic mass is 9.87. The zero-order valence-electron chi connectivity index (χ0n) is 25.3. The number of rotatable bonds is 7. The molecule has 3 rings (SSSR count). The lowest BCUT2D eigenvalue weighted by molar-refractivity contribution is -0.153. The first-order chi connectivity index (χ1) is 18.5. The van der Waals surface area contributed by atoms with Gasteiger partial charge in [0.05, 0.1) is 25.1 Å². The summed E-state index contributed by atoms with van der Waals surface area (Å²) >= 11 is 0. The molecule has 6 nitrogen and oxygen atoms in total. The highest BCUT2D eigenvalue weighted by Crippen LogP contribution is 2.39. The summed E-state index contributed by atoms with van der Waals surface area (Å²) in [6, 6.07) is 20.2. The topological polar surface area (TPSA) is 72.9 Å². The number of amides is 1. The Labute approximate surface area is 240 Å². The molecule has 2 aromatic carbocycles. The van der Waals surface area contributed by atoms with E-state index in [1.165, 1.54) is 0 Å². The largest absolute Gasteiger partial charge is 0.457 e. The lowest BCUT2D eigenvalue weighted by Gasteiger charge is -2.35. The van der Waals surface area contributed by atoms with E-state index in [1.807, 2.05) is 54.6 Å². The quantitative estimate of drug-likeness (QED) is 0.281. The zero-order valence-corrected chi connectivity index (χ0v) is 26.3. The number of anilines is 1. The first kappa shape index (κ1) is 31.1. The van der Waals surface area contributed by atoms with Crippen molar-refractivity contribution >= 4 is 31.6 Å². The SMILES string of the molecule is CN(C(=O)[C@H]1C=C([Si](C)(C)Cc2ccccc2)C(C(=O)OC(C)(C)C)=C(C(=O)OC(C)(C)C)C1)c1ccccc1. The second kappa shape index (κ2) is 12.0. The fourth-order valence-corrected chi connectivity index (χ4v) is 7.90. The fraction of sp³-hybridized carbons (Fsp3) is 0.424. The van der Waals surface area contributed by atoms with Gasteiger partial charge in [-0.2, -0.15) is 0 Å². The Hall–Kier alpha value is -3.45. The molecule has 1 atom stereocenters. The Balaban J connectivity index is 2.19. The third-order valence-corrected chi connectivity index (χ3v) is 9.79. The molecule has 214 valence electrons. The van der Waals surface area contributed by atoms with E-state index < -0.39 is 37.1 Å². The second-order valence-corrected chi connectivity index (χ2v) is 17.7. The first-order valence-electron chi connectivity index (χ1n) is 13.8. The van der Waals surface area contributed by atoms with E-state index in [9.17, 15) is 14.4 Å². The van der Waals surface area contributed by atoms with Gasteiger partial charge in [0.1, 0.15) is 11.2 Å². The lowest BCUT2D eigenvalue weighted by Crippen LogP contribution is -2.42. The van der Waals surface area contributed by atoms with E-state index in [2.05, 4.69) is 25.2 Å². The van der Waals surface area contributed by atoms with Gasteiger partial charge in [0.15, 0.2) is 0 Å². The molecule has 2 aromatic rings. The number of para-hydroxylation sites is 1. The molecule has 0 saturated heterocycles. The van der Waals surface area contributed by atoms with Crippen LogP contribution in [0.2, 0.25) is 13.1 Å². The number of ether oxygens (including phenoxy) is 2. The molecule has 0 spiro atoms. The van der Waals surface area contributed by atoms with Crippen LogP contribution in [0.25, 0.3) is 0 Å². The Kier molecular flexibility index (Phi) is 9.30. The van der Waals surface area contributed by atoms with Crippen molar-refractivity contribution in [2.75, 3.05) is 11.9 Å². The fourth-order valence-electron chi connectivity index (χ4n) is 4.87. The second-order valence-electron chi connectivity index (χ2n) is 13.0. The number of esters is 2. The molecule has 7 heteroatoms. The van der Waals surface area contributed by atoms with Crippen LogP contribution in [0, 0.1) is 5.92 Å². The minimum atomic E-state index is -2.47. The Morgan fingerprint density at radius 3 is 1.85 bits per heavy atom. The van der Waals surface area contributed by atoms with Crippen LogP contribution in [0.15, 0.2) is 83.1 Å². The molecule has 0 aromatic heterocycles. The van der Waals surface area contributed by atoms with Crippen molar-refractivity contribution in [3.63, 3.8) is 0 Å². The standard InChI is InChI=1S/C33H43NO5Si/c1-32(2,3)38-30(36)26-20-24(29(35)34(7)25-18-14-11-15-19-25)21-27(28(26)31(37)39-33(4,5)6)40(8,9)22-23-16-12-10-13-17-23/h10-19,21,24H,20,22H2,1-9H3/t24-/m1/s1. The summed E-state index contributed by atoms with van der Waals surface area (Å²) in [6.45, 7) is 15.1. The predicted molar refractivity (Wildman–Crippen MR) is 162 cm³/mol. The monoisotopic (exact) mass is 561 g/mol. The smallest absolute Gasteiger partial charge is 0.339 e. The highest BCUT2D eigenvalue weighted by atomic mass is 28.3. The van der Waals surface area contributed by atoms with Crippen molar-refractivity contribution in [3.8, 4) is 0 Å². The van der Waals surface area contributed by atoms with E-state index in [0.717, 1.165) is 22.5 Å². The summed E-state index contributed by atoms with van der Waals surface area (Å²) in [5, 5.41) is 0.748. The number of hydrogen-bond acceptors (Lipinski definition) is 5. The molecular formula is C33H43NO5Si. The number of benzene rings is 2. The maximum Gasteiger partial charge on any atom is 0.339 e. The molecule has 1 amide bonds. The Morgan fingerprint density at radius 2 is 1.32 bits per heavy atom. The molecule has 0 aliphatic heterocycles. The summed E-state index contributed by atoms with van der Waals surface area (Å²) in [6.07, 6.45) is 1.98. The van der Waals surface area contributed by atoms with Crippen molar-refractivity contribution in [1.82, 2.24) is 0 Å². The third kappa shape index (κ3) is 8.04. The third-order valence-electron chi connectivity index (χ3n) is 6.62. The summed E-state index contributed by atoms with van der Waals surface area (Å²) < 4.78 is 11.7. The molecule has 1 aliphatic carbocycles. The summed E-state index contributed by atoms with van der Waals surface area (Å²) in [5.41, 5.74) is 0.806. The van der Waals surface area contributed by atoms with E-state index >= 15 is 0 Å². The molecule has 0 N–H and O–H groups in total. The van der Waals surface area contributed by atoms with Crippen LogP contribution < -0.4 is 4.90 Å². The van der Waals surface area contributed by atoms with Crippen LogP contribution in [-0.2, 0) is 29.9 Å². The normalized spacial score (nSPS) is 16.2. The molecule has 0 saturated carbocycles. The van der Waals surface area contributed by atoms with Crippen molar-refractivity contribution in [2.45, 2.75) is 78.3 Å². The van der Waals surface area contributed by atoms with Crippen molar-refractivity contribution in [2.24, 2.45) is 5.92 Å². The molecule has 40 heavy (non-hydrogen) atoms. The Bertz CT molecular complexity index is 1300. The van der Waals surface area contributed by atoms with Gasteiger partial charge in [-0.15, -0.1) is 0 Å². The van der Waals surface area contributed by atoms with Crippen LogP contribution >= 0.6 is 0 Å². The molecule has 0 fully saturated rings. The molecule has 0 unspecified atom stereocenters. The maximum atomic E-state index is 13.9. The van der Waals surface area contributed by atoms with E-state index in [4.69, 9.17) is 9.47 Å². The molecular weight excluding hydrogens is 518 g/mol. The van der Waals surface area contributed by atoms with Gasteiger partial charge in [0.25, 0.3) is 0 Å². The van der Waals surface area contributed by atoms with Gasteiger partial charge in [-0.25, -0.2) is 9.59 Å². The number of carbonyl (C=O) groups is 3. The van der Waals surface area contributed by atoms with Crippen LogP contribution in [0.1, 0.15) is 53.5 Å². The minimum absolute atomic E-state index is 0.0544. The highest BCUT2D eigenvalue weighted by Gasteiger charge is 2.43. The van der Waals surface area contributed by atoms with Gasteiger partial charge in [-0.3, -0.25) is 4.79 Å².